The summed E-state index contributed by atoms with van der Waals surface area (Å²) in [7, 11) is 1.90. The van der Waals surface area contributed by atoms with Gasteiger partial charge in [0.1, 0.15) is 5.75 Å². The predicted molar refractivity (Wildman–Crippen MR) is 86.0 cm³/mol. The number of halogens is 1. The topological polar surface area (TPSA) is 34.2 Å². The van der Waals surface area contributed by atoms with E-state index in [-0.39, 0.29) is 0 Å². The maximum absolute atomic E-state index is 6.15. The molecule has 2 aromatic carbocycles. The highest BCUT2D eigenvalue weighted by atomic mass is 35.5. The first-order valence-corrected chi connectivity index (χ1v) is 7.11. The van der Waals surface area contributed by atoms with Crippen LogP contribution in [0.25, 0.3) is 10.9 Å². The van der Waals surface area contributed by atoms with Crippen LogP contribution in [-0.2, 0) is 6.54 Å². The fourth-order valence-electron chi connectivity index (χ4n) is 2.18. The molecule has 1 N–H and O–H groups in total. The van der Waals surface area contributed by atoms with Crippen LogP contribution >= 0.6 is 11.6 Å². The number of nitrogens with one attached hydrogen (secondary N) is 1. The van der Waals surface area contributed by atoms with Gasteiger partial charge in [0.25, 0.3) is 0 Å². The first kappa shape index (κ1) is 13.9. The van der Waals surface area contributed by atoms with Crippen LogP contribution in [0.5, 0.6) is 11.6 Å². The third kappa shape index (κ3) is 2.99. The number of rotatable bonds is 4. The Balaban J connectivity index is 2.07. The van der Waals surface area contributed by atoms with Gasteiger partial charge >= 0.3 is 0 Å². The van der Waals surface area contributed by atoms with E-state index in [1.165, 1.54) is 0 Å². The zero-order chi connectivity index (χ0) is 14.7. The van der Waals surface area contributed by atoms with Crippen LogP contribution in [0.4, 0.5) is 0 Å². The Kier molecular flexibility index (Phi) is 4.04. The van der Waals surface area contributed by atoms with Gasteiger partial charge in [0.2, 0.25) is 5.88 Å². The van der Waals surface area contributed by atoms with Crippen LogP contribution in [0.1, 0.15) is 5.56 Å². The second-order valence-corrected chi connectivity index (χ2v) is 5.12. The Labute approximate surface area is 128 Å². The first-order chi connectivity index (χ1) is 10.3. The number of pyridine rings is 1. The number of hydrogen-bond donors (Lipinski definition) is 1. The monoisotopic (exact) mass is 298 g/mol. The van der Waals surface area contributed by atoms with E-state index in [1.54, 1.807) is 6.07 Å². The van der Waals surface area contributed by atoms with E-state index in [4.69, 9.17) is 16.3 Å². The zero-order valence-electron chi connectivity index (χ0n) is 11.6. The summed E-state index contributed by atoms with van der Waals surface area (Å²) in [6, 6.07) is 17.5. The van der Waals surface area contributed by atoms with Crippen LogP contribution in [0.3, 0.4) is 0 Å². The molecule has 0 spiro atoms. The van der Waals surface area contributed by atoms with Gasteiger partial charge in [-0.25, -0.2) is 4.98 Å². The standard InChI is InChI=1S/C17H15ClN2O/c1-19-11-13-10-12-6-2-4-8-15(12)20-17(13)21-16-9-5-3-7-14(16)18/h2-10,19H,11H2,1H3. The lowest BCUT2D eigenvalue weighted by molar-refractivity contribution is 0.457. The normalized spacial score (nSPS) is 10.8. The van der Waals surface area contributed by atoms with E-state index in [0.29, 0.717) is 23.2 Å². The average Bonchev–Trinajstić information content (AvgIpc) is 2.50. The quantitative estimate of drug-likeness (QED) is 0.775. The SMILES string of the molecule is CNCc1cc2ccccc2nc1Oc1ccccc1Cl. The van der Waals surface area contributed by atoms with Crippen LogP contribution in [0.15, 0.2) is 54.6 Å². The lowest BCUT2D eigenvalue weighted by Gasteiger charge is -2.12. The Bertz CT molecular complexity index is 774. The van der Waals surface area contributed by atoms with Gasteiger partial charge in [0.15, 0.2) is 0 Å². The van der Waals surface area contributed by atoms with Crippen molar-refractivity contribution in [1.82, 2.24) is 10.3 Å². The molecule has 21 heavy (non-hydrogen) atoms. The smallest absolute Gasteiger partial charge is 0.224 e. The van der Waals surface area contributed by atoms with E-state index in [9.17, 15) is 0 Å². The maximum Gasteiger partial charge on any atom is 0.224 e. The van der Waals surface area contributed by atoms with Crippen molar-refractivity contribution < 1.29 is 4.74 Å². The zero-order valence-corrected chi connectivity index (χ0v) is 12.4. The van der Waals surface area contributed by atoms with Gasteiger partial charge < -0.3 is 10.1 Å². The molecular formula is C17H15ClN2O. The van der Waals surface area contributed by atoms with Crippen molar-refractivity contribution in [3.63, 3.8) is 0 Å². The molecule has 3 aromatic rings. The molecule has 0 amide bonds. The van der Waals surface area contributed by atoms with Crippen molar-refractivity contribution in [2.45, 2.75) is 6.54 Å². The Morgan fingerprint density at radius 1 is 1.10 bits per heavy atom. The van der Waals surface area contributed by atoms with Gasteiger partial charge in [0.05, 0.1) is 10.5 Å². The van der Waals surface area contributed by atoms with E-state index in [1.807, 2.05) is 49.5 Å². The number of aromatic nitrogens is 1. The van der Waals surface area contributed by atoms with Crippen molar-refractivity contribution in [2.24, 2.45) is 0 Å². The molecule has 0 aliphatic heterocycles. The van der Waals surface area contributed by atoms with Crippen molar-refractivity contribution in [3.05, 3.63) is 65.2 Å². The summed E-state index contributed by atoms with van der Waals surface area (Å²) in [6.07, 6.45) is 0. The van der Waals surface area contributed by atoms with Crippen LogP contribution < -0.4 is 10.1 Å². The fourth-order valence-corrected chi connectivity index (χ4v) is 2.35. The highest BCUT2D eigenvalue weighted by Crippen LogP contribution is 2.31. The summed E-state index contributed by atoms with van der Waals surface area (Å²) in [5.74, 6) is 1.19. The molecule has 1 aromatic heterocycles. The third-order valence-electron chi connectivity index (χ3n) is 3.17. The summed E-state index contributed by atoms with van der Waals surface area (Å²) >= 11 is 6.15. The molecule has 0 radical (unpaired) electrons. The Morgan fingerprint density at radius 2 is 1.86 bits per heavy atom. The van der Waals surface area contributed by atoms with Gasteiger partial charge in [0, 0.05) is 17.5 Å². The molecule has 4 heteroatoms. The summed E-state index contributed by atoms with van der Waals surface area (Å²) < 4.78 is 5.92. The minimum absolute atomic E-state index is 0.572. The number of hydrogen-bond acceptors (Lipinski definition) is 3. The largest absolute Gasteiger partial charge is 0.437 e. The van der Waals surface area contributed by atoms with Gasteiger partial charge in [-0.2, -0.15) is 0 Å². The average molecular weight is 299 g/mol. The second-order valence-electron chi connectivity index (χ2n) is 4.71. The van der Waals surface area contributed by atoms with Gasteiger partial charge in [-0.15, -0.1) is 0 Å². The predicted octanol–water partition coefficient (Wildman–Crippen LogP) is 4.40. The van der Waals surface area contributed by atoms with E-state index >= 15 is 0 Å². The lowest BCUT2D eigenvalue weighted by Crippen LogP contribution is -2.07. The molecular weight excluding hydrogens is 284 g/mol. The summed E-state index contributed by atoms with van der Waals surface area (Å²) in [5, 5.41) is 4.80. The maximum atomic E-state index is 6.15. The highest BCUT2D eigenvalue weighted by molar-refractivity contribution is 6.32. The van der Waals surface area contributed by atoms with Gasteiger partial charge in [-0.3, -0.25) is 0 Å². The van der Waals surface area contributed by atoms with Gasteiger partial charge in [-0.05, 0) is 31.3 Å². The molecule has 106 valence electrons. The van der Waals surface area contributed by atoms with Crippen LogP contribution in [0, 0.1) is 0 Å². The summed E-state index contributed by atoms with van der Waals surface area (Å²) in [5.41, 5.74) is 1.90. The molecule has 0 saturated heterocycles. The number of para-hydroxylation sites is 2. The summed E-state index contributed by atoms with van der Waals surface area (Å²) in [6.45, 7) is 0.678. The van der Waals surface area contributed by atoms with E-state index in [2.05, 4.69) is 16.4 Å². The second kappa shape index (κ2) is 6.12. The number of ether oxygens (including phenoxy) is 1. The minimum Gasteiger partial charge on any atom is -0.437 e. The first-order valence-electron chi connectivity index (χ1n) is 6.73. The molecule has 0 unspecified atom stereocenters. The number of fused-ring (bicyclic) bond motifs is 1. The molecule has 3 nitrogen and oxygen atoms in total. The molecule has 0 aliphatic carbocycles. The molecule has 0 aliphatic rings. The summed E-state index contributed by atoms with van der Waals surface area (Å²) in [4.78, 5) is 4.61. The third-order valence-corrected chi connectivity index (χ3v) is 3.49. The van der Waals surface area contributed by atoms with E-state index in [0.717, 1.165) is 16.5 Å². The molecule has 0 bridgehead atoms. The fraction of sp³-hybridized carbons (Fsp3) is 0.118. The minimum atomic E-state index is 0.572. The molecule has 0 saturated carbocycles. The molecule has 1 heterocycles. The highest BCUT2D eigenvalue weighted by Gasteiger charge is 2.10. The Morgan fingerprint density at radius 3 is 2.67 bits per heavy atom. The van der Waals surface area contributed by atoms with Crippen molar-refractivity contribution in [1.29, 1.82) is 0 Å². The van der Waals surface area contributed by atoms with Crippen molar-refractivity contribution in [3.8, 4) is 11.6 Å². The van der Waals surface area contributed by atoms with E-state index < -0.39 is 0 Å². The number of nitrogens with zero attached hydrogens (tertiary/aromatic N) is 1. The molecule has 3 rings (SSSR count). The Hall–Kier alpha value is -2.10. The molecule has 0 fully saturated rings. The van der Waals surface area contributed by atoms with Gasteiger partial charge in [-0.1, -0.05) is 41.9 Å². The van der Waals surface area contributed by atoms with Crippen molar-refractivity contribution in [2.75, 3.05) is 7.05 Å². The van der Waals surface area contributed by atoms with Crippen LogP contribution in [0.2, 0.25) is 5.02 Å². The lowest BCUT2D eigenvalue weighted by atomic mass is 10.1. The molecule has 0 atom stereocenters. The number of benzene rings is 2. The van der Waals surface area contributed by atoms with Crippen LogP contribution in [-0.4, -0.2) is 12.0 Å². The van der Waals surface area contributed by atoms with Crippen molar-refractivity contribution >= 4 is 22.5 Å².